The Morgan fingerprint density at radius 3 is 1.97 bits per heavy atom. The zero-order valence-electron chi connectivity index (χ0n) is 21.0. The van der Waals surface area contributed by atoms with Crippen LogP contribution < -0.4 is 27.4 Å². The molecule has 0 unspecified atom stereocenters. The Bertz CT molecular complexity index is 938. The molecule has 0 aromatic heterocycles. The molecule has 1 aromatic rings. The summed E-state index contributed by atoms with van der Waals surface area (Å²) in [4.78, 5) is 61.1. The van der Waals surface area contributed by atoms with Crippen LogP contribution in [0.4, 0.5) is 0 Å². The van der Waals surface area contributed by atoms with Gasteiger partial charge in [0.25, 0.3) is 0 Å². The number of nitrogens with two attached hydrogens (primary N) is 2. The Labute approximate surface area is 215 Å². The van der Waals surface area contributed by atoms with Crippen LogP contribution in [-0.2, 0) is 30.4 Å². The first kappa shape index (κ1) is 31.3. The number of carbonyl (C=O) groups excluding carboxylic acids is 3. The van der Waals surface area contributed by atoms with E-state index in [2.05, 4.69) is 16.0 Å². The van der Waals surface area contributed by atoms with Crippen molar-refractivity contribution in [3.63, 3.8) is 0 Å². The van der Waals surface area contributed by atoms with E-state index in [9.17, 15) is 34.2 Å². The Morgan fingerprint density at radius 2 is 1.46 bits per heavy atom. The monoisotopic (exact) mass is 523 g/mol. The van der Waals surface area contributed by atoms with E-state index in [4.69, 9.17) is 16.6 Å². The third-order valence-corrected chi connectivity index (χ3v) is 5.55. The number of rotatable bonds is 16. The van der Waals surface area contributed by atoms with Crippen molar-refractivity contribution < 1.29 is 39.3 Å². The summed E-state index contributed by atoms with van der Waals surface area (Å²) in [5.74, 6) is -5.31. The highest BCUT2D eigenvalue weighted by Crippen LogP contribution is 2.13. The molecule has 0 bridgehead atoms. The number of carboxylic acid groups (broad SMARTS) is 2. The van der Waals surface area contributed by atoms with Gasteiger partial charge < -0.3 is 42.7 Å². The van der Waals surface area contributed by atoms with E-state index in [0.29, 0.717) is 24.9 Å². The van der Waals surface area contributed by atoms with E-state index in [1.54, 1.807) is 26.0 Å². The lowest BCUT2D eigenvalue weighted by Crippen LogP contribution is -2.59. The maximum absolute atomic E-state index is 13.1. The van der Waals surface area contributed by atoms with E-state index in [1.165, 1.54) is 12.1 Å². The van der Waals surface area contributed by atoms with E-state index in [-0.39, 0.29) is 18.6 Å². The van der Waals surface area contributed by atoms with Gasteiger partial charge in [-0.3, -0.25) is 19.2 Å². The van der Waals surface area contributed by atoms with Crippen LogP contribution in [0.3, 0.4) is 0 Å². The van der Waals surface area contributed by atoms with E-state index < -0.39 is 66.2 Å². The number of hydrogen-bond donors (Lipinski definition) is 8. The molecule has 0 aliphatic heterocycles. The third-order valence-electron chi connectivity index (χ3n) is 5.55. The fourth-order valence-electron chi connectivity index (χ4n) is 3.44. The van der Waals surface area contributed by atoms with Crippen LogP contribution in [-0.4, -0.2) is 75.7 Å². The van der Waals surface area contributed by atoms with Crippen LogP contribution in [0.1, 0.15) is 45.1 Å². The van der Waals surface area contributed by atoms with Crippen LogP contribution in [0, 0.1) is 5.92 Å². The van der Waals surface area contributed by atoms with Gasteiger partial charge in [0.05, 0.1) is 12.5 Å². The van der Waals surface area contributed by atoms with Gasteiger partial charge in [-0.25, -0.2) is 4.79 Å². The number of aliphatic carboxylic acids is 2. The van der Waals surface area contributed by atoms with Gasteiger partial charge >= 0.3 is 11.9 Å². The Balaban J connectivity index is 3.10. The molecule has 3 amide bonds. The van der Waals surface area contributed by atoms with E-state index in [0.717, 1.165) is 0 Å². The average Bonchev–Trinajstić information content (AvgIpc) is 2.81. The molecule has 0 radical (unpaired) electrons. The highest BCUT2D eigenvalue weighted by atomic mass is 16.4. The number of phenolic OH excluding ortho intramolecular Hbond substituents is 1. The fraction of sp³-hybridized carbons (Fsp3) is 0.542. The molecule has 0 fully saturated rings. The van der Waals surface area contributed by atoms with Gasteiger partial charge in [-0.2, -0.15) is 0 Å². The standard InChI is InChI=1S/C24H37N5O8/c1-13(2)20(29-21(33)16(26)12-19(31)32)23(35)28-18(11-14-6-8-15(30)9-7-14)22(34)27-17(24(36)37)5-3-4-10-25/h6-9,13,16-18,20,30H,3-5,10-12,25-26H2,1-2H3,(H,27,34)(H,28,35)(H,29,33)(H,31,32)(H,36,37)/t16-,17-,18-,20-/m0/s1. The Hall–Kier alpha value is -3.71. The summed E-state index contributed by atoms with van der Waals surface area (Å²) in [6.45, 7) is 3.65. The number of amides is 3. The van der Waals surface area contributed by atoms with Gasteiger partial charge in [-0.1, -0.05) is 26.0 Å². The summed E-state index contributed by atoms with van der Waals surface area (Å²) in [5.41, 5.74) is 11.6. The van der Waals surface area contributed by atoms with Gasteiger partial charge in [0, 0.05) is 6.42 Å². The molecule has 206 valence electrons. The maximum atomic E-state index is 13.1. The molecule has 10 N–H and O–H groups in total. The van der Waals surface area contributed by atoms with E-state index in [1.807, 2.05) is 0 Å². The zero-order valence-corrected chi connectivity index (χ0v) is 21.0. The number of carbonyl (C=O) groups is 5. The number of aromatic hydroxyl groups is 1. The predicted octanol–water partition coefficient (Wildman–Crippen LogP) is -0.939. The van der Waals surface area contributed by atoms with Gasteiger partial charge in [0.2, 0.25) is 17.7 Å². The van der Waals surface area contributed by atoms with Crippen LogP contribution in [0.15, 0.2) is 24.3 Å². The van der Waals surface area contributed by atoms with Crippen molar-refractivity contribution >= 4 is 29.7 Å². The second-order valence-corrected chi connectivity index (χ2v) is 9.05. The largest absolute Gasteiger partial charge is 0.508 e. The van der Waals surface area contributed by atoms with Crippen molar-refractivity contribution in [2.75, 3.05) is 6.54 Å². The molecule has 13 nitrogen and oxygen atoms in total. The SMILES string of the molecule is CC(C)[C@H](NC(=O)[C@@H](N)CC(=O)O)C(=O)N[C@@H](Cc1ccc(O)cc1)C(=O)N[C@@H](CCCCN)C(=O)O. The number of nitrogens with one attached hydrogen (secondary N) is 3. The van der Waals surface area contributed by atoms with Crippen LogP contribution >= 0.6 is 0 Å². The summed E-state index contributed by atoms with van der Waals surface area (Å²) in [5, 5.41) is 35.3. The molecule has 0 saturated carbocycles. The van der Waals surface area contributed by atoms with Crippen LogP contribution in [0.5, 0.6) is 5.75 Å². The fourth-order valence-corrected chi connectivity index (χ4v) is 3.44. The minimum atomic E-state index is -1.38. The lowest BCUT2D eigenvalue weighted by Gasteiger charge is -2.27. The first-order valence-corrected chi connectivity index (χ1v) is 11.9. The first-order chi connectivity index (χ1) is 17.3. The molecule has 1 rings (SSSR count). The summed E-state index contributed by atoms with van der Waals surface area (Å²) in [7, 11) is 0. The van der Waals surface area contributed by atoms with Crippen molar-refractivity contribution in [3.8, 4) is 5.75 Å². The summed E-state index contributed by atoms with van der Waals surface area (Å²) >= 11 is 0. The number of hydrogen-bond acceptors (Lipinski definition) is 8. The summed E-state index contributed by atoms with van der Waals surface area (Å²) in [6.07, 6.45) is 0.521. The maximum Gasteiger partial charge on any atom is 0.326 e. The Morgan fingerprint density at radius 1 is 0.865 bits per heavy atom. The summed E-state index contributed by atoms with van der Waals surface area (Å²) < 4.78 is 0. The number of benzene rings is 1. The topological polar surface area (TPSA) is 234 Å². The van der Waals surface area contributed by atoms with Gasteiger partial charge in [0.1, 0.15) is 23.9 Å². The minimum absolute atomic E-state index is 0.0000779. The molecule has 1 aromatic carbocycles. The lowest BCUT2D eigenvalue weighted by atomic mass is 10.00. The smallest absolute Gasteiger partial charge is 0.326 e. The van der Waals surface area contributed by atoms with Crippen molar-refractivity contribution in [1.82, 2.24) is 16.0 Å². The average molecular weight is 524 g/mol. The van der Waals surface area contributed by atoms with Gasteiger partial charge in [0.15, 0.2) is 0 Å². The molecule has 0 heterocycles. The molecule has 0 saturated heterocycles. The van der Waals surface area contributed by atoms with Crippen molar-refractivity contribution in [3.05, 3.63) is 29.8 Å². The van der Waals surface area contributed by atoms with Gasteiger partial charge in [-0.05, 0) is 49.4 Å². The highest BCUT2D eigenvalue weighted by Gasteiger charge is 2.32. The first-order valence-electron chi connectivity index (χ1n) is 11.9. The third kappa shape index (κ3) is 11.3. The van der Waals surface area contributed by atoms with Crippen LogP contribution in [0.2, 0.25) is 0 Å². The molecule has 4 atom stereocenters. The predicted molar refractivity (Wildman–Crippen MR) is 133 cm³/mol. The van der Waals surface area contributed by atoms with Crippen LogP contribution in [0.25, 0.3) is 0 Å². The van der Waals surface area contributed by atoms with E-state index >= 15 is 0 Å². The number of unbranched alkanes of at least 4 members (excludes halogenated alkanes) is 1. The molecule has 37 heavy (non-hydrogen) atoms. The number of phenols is 1. The molecule has 0 aliphatic rings. The van der Waals surface area contributed by atoms with Crippen molar-refractivity contribution in [2.24, 2.45) is 17.4 Å². The zero-order chi connectivity index (χ0) is 28.1. The molecule has 13 heteroatoms. The Kier molecular flexibility index (Phi) is 13.0. The normalized spacial score (nSPS) is 14.2. The van der Waals surface area contributed by atoms with Gasteiger partial charge in [-0.15, -0.1) is 0 Å². The lowest BCUT2D eigenvalue weighted by molar-refractivity contribution is -0.142. The molecular weight excluding hydrogens is 486 g/mol. The number of carboxylic acids is 2. The molecular formula is C24H37N5O8. The molecule has 0 spiro atoms. The minimum Gasteiger partial charge on any atom is -0.508 e. The second-order valence-electron chi connectivity index (χ2n) is 9.05. The van der Waals surface area contributed by atoms with Crippen molar-refractivity contribution in [1.29, 1.82) is 0 Å². The summed E-state index contributed by atoms with van der Waals surface area (Å²) in [6, 6.07) is 0.941. The second kappa shape index (κ2) is 15.4. The van der Waals surface area contributed by atoms with Crippen molar-refractivity contribution in [2.45, 2.75) is 70.1 Å². The highest BCUT2D eigenvalue weighted by molar-refractivity contribution is 5.95. The quantitative estimate of drug-likeness (QED) is 0.124. The molecule has 0 aliphatic carbocycles.